The normalized spacial score (nSPS) is 30.8. The first kappa shape index (κ1) is 18.3. The number of hydrogen-bond acceptors (Lipinski definition) is 5. The van der Waals surface area contributed by atoms with E-state index in [0.717, 1.165) is 10.6 Å². The number of methoxy groups -OCH3 is 1. The Balaban J connectivity index is 2.05. The van der Waals surface area contributed by atoms with E-state index < -0.39 is 16.4 Å². The standard InChI is InChI=1S/C18H26N2O4S/c1-11-12(2)25-15(20(11)9-10-23-6)19-13(21)18-8-7-17(5,14(22)24-18)16(18,3)4/h7-10H2,1-6H3/t17-,18-/m1/s1. The first-order valence-electron chi connectivity index (χ1n) is 8.59. The minimum atomic E-state index is -1.15. The van der Waals surface area contributed by atoms with Crippen LogP contribution in [0.1, 0.15) is 44.2 Å². The van der Waals surface area contributed by atoms with Crippen molar-refractivity contribution in [2.75, 3.05) is 13.7 Å². The number of hydrogen-bond donors (Lipinski definition) is 0. The lowest BCUT2D eigenvalue weighted by Gasteiger charge is -2.33. The molecule has 1 saturated carbocycles. The molecule has 2 atom stereocenters. The average Bonchev–Trinajstić information content (AvgIpc) is 2.98. The fourth-order valence-electron chi connectivity index (χ4n) is 4.03. The van der Waals surface area contributed by atoms with Gasteiger partial charge in [0.25, 0.3) is 5.91 Å². The first-order valence-corrected chi connectivity index (χ1v) is 9.41. The third kappa shape index (κ3) is 2.28. The van der Waals surface area contributed by atoms with Crippen molar-refractivity contribution in [1.82, 2.24) is 4.57 Å². The van der Waals surface area contributed by atoms with Crippen molar-refractivity contribution in [2.45, 2.75) is 59.6 Å². The molecule has 2 fully saturated rings. The van der Waals surface area contributed by atoms with Crippen LogP contribution in [0.5, 0.6) is 0 Å². The Morgan fingerprint density at radius 2 is 2.00 bits per heavy atom. The van der Waals surface area contributed by atoms with E-state index in [2.05, 4.69) is 4.99 Å². The van der Waals surface area contributed by atoms with Crippen LogP contribution in [0.25, 0.3) is 0 Å². The van der Waals surface area contributed by atoms with Crippen LogP contribution in [-0.2, 0) is 25.6 Å². The number of amides is 1. The summed E-state index contributed by atoms with van der Waals surface area (Å²) in [6, 6.07) is 0. The molecule has 1 saturated heterocycles. The zero-order valence-electron chi connectivity index (χ0n) is 15.8. The number of thiazole rings is 1. The number of carbonyl (C=O) groups is 2. The fourth-order valence-corrected chi connectivity index (χ4v) is 5.03. The van der Waals surface area contributed by atoms with Gasteiger partial charge in [-0.2, -0.15) is 4.99 Å². The van der Waals surface area contributed by atoms with Crippen LogP contribution in [0.3, 0.4) is 0 Å². The Bertz CT molecular complexity index is 806. The Morgan fingerprint density at radius 3 is 2.52 bits per heavy atom. The number of esters is 1. The lowest BCUT2D eigenvalue weighted by Crippen LogP contribution is -2.47. The van der Waals surface area contributed by atoms with Crippen molar-refractivity contribution < 1.29 is 19.1 Å². The van der Waals surface area contributed by atoms with Crippen LogP contribution in [0.15, 0.2) is 4.99 Å². The van der Waals surface area contributed by atoms with Gasteiger partial charge in [-0.15, -0.1) is 11.3 Å². The molecule has 1 aromatic rings. The summed E-state index contributed by atoms with van der Waals surface area (Å²) in [5.41, 5.74) is -1.27. The Hall–Kier alpha value is -1.47. The summed E-state index contributed by atoms with van der Waals surface area (Å²) in [5.74, 6) is -0.627. The van der Waals surface area contributed by atoms with Gasteiger partial charge in [0.2, 0.25) is 0 Å². The molecule has 25 heavy (non-hydrogen) atoms. The minimum absolute atomic E-state index is 0.280. The van der Waals surface area contributed by atoms with Crippen LogP contribution in [-0.4, -0.2) is 35.8 Å². The van der Waals surface area contributed by atoms with Gasteiger partial charge in [-0.05, 0) is 33.6 Å². The van der Waals surface area contributed by atoms with Crippen molar-refractivity contribution >= 4 is 23.2 Å². The number of carbonyl (C=O) groups excluding carboxylic acids is 2. The van der Waals surface area contributed by atoms with Gasteiger partial charge in [0.15, 0.2) is 10.4 Å². The van der Waals surface area contributed by atoms with Crippen LogP contribution in [0.4, 0.5) is 0 Å². The Labute approximate surface area is 151 Å². The zero-order valence-corrected chi connectivity index (χ0v) is 16.6. The Morgan fingerprint density at radius 1 is 1.32 bits per heavy atom. The minimum Gasteiger partial charge on any atom is -0.448 e. The number of ether oxygens (including phenoxy) is 2. The van der Waals surface area contributed by atoms with E-state index in [-0.39, 0.29) is 11.9 Å². The summed E-state index contributed by atoms with van der Waals surface area (Å²) in [5, 5.41) is 0. The maximum absolute atomic E-state index is 13.2. The number of aryl methyl sites for hydroxylation is 1. The van der Waals surface area contributed by atoms with Crippen LogP contribution >= 0.6 is 11.3 Å². The number of rotatable bonds is 4. The second-order valence-electron chi connectivity index (χ2n) is 7.76. The van der Waals surface area contributed by atoms with Crippen molar-refractivity contribution in [2.24, 2.45) is 15.8 Å². The van der Waals surface area contributed by atoms with Gasteiger partial charge >= 0.3 is 5.97 Å². The molecule has 6 nitrogen and oxygen atoms in total. The summed E-state index contributed by atoms with van der Waals surface area (Å²) in [4.78, 5) is 31.7. The number of nitrogens with zero attached hydrogens (tertiary/aromatic N) is 2. The highest BCUT2D eigenvalue weighted by Crippen LogP contribution is 2.65. The maximum Gasteiger partial charge on any atom is 0.313 e. The summed E-state index contributed by atoms with van der Waals surface area (Å²) in [7, 11) is 1.65. The molecule has 1 aromatic heterocycles. The highest BCUT2D eigenvalue weighted by molar-refractivity contribution is 7.09. The molecular formula is C18H26N2O4S. The van der Waals surface area contributed by atoms with E-state index in [9.17, 15) is 9.59 Å². The van der Waals surface area contributed by atoms with Crippen molar-refractivity contribution in [1.29, 1.82) is 0 Å². The topological polar surface area (TPSA) is 69.9 Å². The molecule has 0 spiro atoms. The van der Waals surface area contributed by atoms with Crippen LogP contribution in [0.2, 0.25) is 0 Å². The first-order chi connectivity index (χ1) is 11.6. The van der Waals surface area contributed by atoms with Gasteiger partial charge in [0.05, 0.1) is 12.0 Å². The predicted octanol–water partition coefficient (Wildman–Crippen LogP) is 2.36. The molecule has 3 rings (SSSR count). The molecule has 2 heterocycles. The van der Waals surface area contributed by atoms with Crippen LogP contribution in [0, 0.1) is 24.7 Å². The van der Waals surface area contributed by atoms with Gasteiger partial charge in [0.1, 0.15) is 0 Å². The van der Waals surface area contributed by atoms with Gasteiger partial charge in [-0.3, -0.25) is 9.59 Å². The molecule has 0 radical (unpaired) electrons. The van der Waals surface area contributed by atoms with Gasteiger partial charge in [-0.25, -0.2) is 0 Å². The molecule has 0 aromatic carbocycles. The molecule has 2 bridgehead atoms. The highest BCUT2D eigenvalue weighted by atomic mass is 32.1. The summed E-state index contributed by atoms with van der Waals surface area (Å²) in [6.07, 6.45) is 1.19. The van der Waals surface area contributed by atoms with E-state index >= 15 is 0 Å². The van der Waals surface area contributed by atoms with Crippen LogP contribution < -0.4 is 4.80 Å². The fraction of sp³-hybridized carbons (Fsp3) is 0.722. The summed E-state index contributed by atoms with van der Waals surface area (Å²) in [6.45, 7) is 11.0. The second-order valence-corrected chi connectivity index (χ2v) is 8.94. The molecule has 0 unspecified atom stereocenters. The van der Waals surface area contributed by atoms with Crippen molar-refractivity contribution in [3.63, 3.8) is 0 Å². The van der Waals surface area contributed by atoms with E-state index in [0.29, 0.717) is 30.8 Å². The number of aromatic nitrogens is 1. The lowest BCUT2D eigenvalue weighted by molar-refractivity contribution is -0.166. The van der Waals surface area contributed by atoms with E-state index in [1.165, 1.54) is 11.3 Å². The average molecular weight is 366 g/mol. The van der Waals surface area contributed by atoms with E-state index in [4.69, 9.17) is 9.47 Å². The van der Waals surface area contributed by atoms with Crippen molar-refractivity contribution in [3.05, 3.63) is 15.4 Å². The SMILES string of the molecule is COCCn1c(C)c(C)sc1=NC(=O)[C@@]12CC[C@](C)(C(=O)O1)C2(C)C. The molecule has 1 aliphatic carbocycles. The maximum atomic E-state index is 13.2. The second kappa shape index (κ2) is 5.77. The van der Waals surface area contributed by atoms with Gasteiger partial charge in [-0.1, -0.05) is 13.8 Å². The number of fused-ring (bicyclic) bond motifs is 2. The third-order valence-electron chi connectivity index (χ3n) is 6.53. The quantitative estimate of drug-likeness (QED) is 0.767. The molecular weight excluding hydrogens is 340 g/mol. The Kier molecular flexibility index (Phi) is 4.23. The summed E-state index contributed by atoms with van der Waals surface area (Å²) < 4.78 is 12.8. The zero-order chi connectivity index (χ0) is 18.6. The molecule has 138 valence electrons. The summed E-state index contributed by atoms with van der Waals surface area (Å²) >= 11 is 1.48. The monoisotopic (exact) mass is 366 g/mol. The largest absolute Gasteiger partial charge is 0.448 e. The van der Waals surface area contributed by atoms with E-state index in [1.807, 2.05) is 39.2 Å². The molecule has 1 aliphatic heterocycles. The predicted molar refractivity (Wildman–Crippen MR) is 94.2 cm³/mol. The molecule has 0 N–H and O–H groups in total. The van der Waals surface area contributed by atoms with Crippen molar-refractivity contribution in [3.8, 4) is 0 Å². The smallest absolute Gasteiger partial charge is 0.313 e. The molecule has 1 amide bonds. The molecule has 7 heteroatoms. The van der Waals surface area contributed by atoms with Gasteiger partial charge in [0, 0.05) is 29.6 Å². The lowest BCUT2D eigenvalue weighted by atomic mass is 9.66. The van der Waals surface area contributed by atoms with Gasteiger partial charge < -0.3 is 14.0 Å². The third-order valence-corrected chi connectivity index (χ3v) is 7.63. The van der Waals surface area contributed by atoms with E-state index in [1.54, 1.807) is 7.11 Å². The highest BCUT2D eigenvalue weighted by Gasteiger charge is 2.75. The molecule has 2 aliphatic rings.